The van der Waals surface area contributed by atoms with Crippen LogP contribution in [0.15, 0.2) is 34.2 Å². The van der Waals surface area contributed by atoms with E-state index in [1.54, 1.807) is 7.11 Å². The maximum absolute atomic E-state index is 12.4. The van der Waals surface area contributed by atoms with Crippen molar-refractivity contribution in [2.45, 2.75) is 27.3 Å². The number of methoxy groups -OCH3 is 1. The van der Waals surface area contributed by atoms with Crippen LogP contribution in [0.4, 0.5) is 5.69 Å². The third-order valence-corrected chi connectivity index (χ3v) is 5.85. The number of aryl methyl sites for hydroxylation is 1. The lowest BCUT2D eigenvalue weighted by molar-refractivity contribution is -0.115. The summed E-state index contributed by atoms with van der Waals surface area (Å²) in [5.74, 6) is -0.139. The number of halogens is 1. The van der Waals surface area contributed by atoms with Crippen LogP contribution in [-0.2, 0) is 16.1 Å². The molecule has 0 aliphatic carbocycles. The van der Waals surface area contributed by atoms with Gasteiger partial charge in [-0.05, 0) is 67.9 Å². The minimum atomic E-state index is -0.139. The van der Waals surface area contributed by atoms with Crippen molar-refractivity contribution in [3.05, 3.63) is 56.7 Å². The van der Waals surface area contributed by atoms with E-state index in [1.807, 2.05) is 31.2 Å². The number of carbonyl (C=O) groups excluding carboxylic acids is 1. The summed E-state index contributed by atoms with van der Waals surface area (Å²) in [6, 6.07) is 7.64. The number of nitrogens with zero attached hydrogens (tertiary/aromatic N) is 2. The second kappa shape index (κ2) is 8.33. The van der Waals surface area contributed by atoms with E-state index in [4.69, 9.17) is 16.3 Å². The second-order valence-corrected chi connectivity index (χ2v) is 7.77. The standard InChI is InChI=1S/C20H22ClN3O2S/c1-12-10-15(14(3)24(12)8-9-26-4)11-18-19(25)23-20(27-18)22-17-7-5-6-16(21)13(17)2/h5-7,10-11H,8-9H2,1-4H3,(H,22,23,25)/b18-11+. The summed E-state index contributed by atoms with van der Waals surface area (Å²) in [4.78, 5) is 17.5. The van der Waals surface area contributed by atoms with Crippen LogP contribution in [0.5, 0.6) is 0 Å². The van der Waals surface area contributed by atoms with E-state index in [-0.39, 0.29) is 5.91 Å². The summed E-state index contributed by atoms with van der Waals surface area (Å²) in [7, 11) is 1.69. The van der Waals surface area contributed by atoms with Crippen molar-refractivity contribution >= 4 is 46.2 Å². The number of hydrogen-bond acceptors (Lipinski definition) is 4. The molecular weight excluding hydrogens is 382 g/mol. The highest BCUT2D eigenvalue weighted by molar-refractivity contribution is 8.18. The summed E-state index contributed by atoms with van der Waals surface area (Å²) < 4.78 is 7.37. The van der Waals surface area contributed by atoms with Gasteiger partial charge in [-0.3, -0.25) is 4.79 Å². The minimum Gasteiger partial charge on any atom is -0.383 e. The number of benzene rings is 1. The number of nitrogens with one attached hydrogen (secondary N) is 1. The van der Waals surface area contributed by atoms with Gasteiger partial charge in [-0.2, -0.15) is 0 Å². The Labute approximate surface area is 168 Å². The van der Waals surface area contributed by atoms with E-state index in [0.717, 1.165) is 34.7 Å². The summed E-state index contributed by atoms with van der Waals surface area (Å²) in [5.41, 5.74) is 4.93. The van der Waals surface area contributed by atoms with Crippen molar-refractivity contribution in [3.63, 3.8) is 0 Å². The lowest BCUT2D eigenvalue weighted by Crippen LogP contribution is -2.19. The highest BCUT2D eigenvalue weighted by Gasteiger charge is 2.24. The Balaban J connectivity index is 1.86. The molecule has 1 aromatic heterocycles. The highest BCUT2D eigenvalue weighted by Crippen LogP contribution is 2.31. The Morgan fingerprint density at radius 2 is 2.11 bits per heavy atom. The molecular formula is C20H22ClN3O2S. The van der Waals surface area contributed by atoms with E-state index in [0.29, 0.717) is 21.7 Å². The van der Waals surface area contributed by atoms with Crippen molar-refractivity contribution in [3.8, 4) is 0 Å². The molecule has 0 atom stereocenters. The van der Waals surface area contributed by atoms with E-state index in [9.17, 15) is 4.79 Å². The van der Waals surface area contributed by atoms with Crippen LogP contribution in [0.2, 0.25) is 5.02 Å². The molecule has 27 heavy (non-hydrogen) atoms. The molecule has 1 amide bonds. The quantitative estimate of drug-likeness (QED) is 0.742. The van der Waals surface area contributed by atoms with E-state index in [1.165, 1.54) is 11.8 Å². The SMILES string of the molecule is COCCn1c(C)cc(/C=C2/SC(=Nc3cccc(Cl)c3C)NC2=O)c1C. The van der Waals surface area contributed by atoms with Crippen LogP contribution >= 0.6 is 23.4 Å². The number of amidine groups is 1. The van der Waals surface area contributed by atoms with Gasteiger partial charge in [0.2, 0.25) is 0 Å². The number of amides is 1. The van der Waals surface area contributed by atoms with E-state index < -0.39 is 0 Å². The third-order valence-electron chi connectivity index (χ3n) is 4.53. The smallest absolute Gasteiger partial charge is 0.264 e. The van der Waals surface area contributed by atoms with Gasteiger partial charge in [-0.15, -0.1) is 0 Å². The molecule has 0 unspecified atom stereocenters. The van der Waals surface area contributed by atoms with Crippen LogP contribution in [0.3, 0.4) is 0 Å². The minimum absolute atomic E-state index is 0.139. The molecule has 142 valence electrons. The summed E-state index contributed by atoms with van der Waals surface area (Å²) in [5, 5.41) is 4.05. The molecule has 0 radical (unpaired) electrons. The largest absolute Gasteiger partial charge is 0.383 e. The Kier molecular flexibility index (Phi) is 6.09. The van der Waals surface area contributed by atoms with Crippen molar-refractivity contribution in [1.82, 2.24) is 9.88 Å². The molecule has 0 saturated carbocycles. The van der Waals surface area contributed by atoms with E-state index >= 15 is 0 Å². The molecule has 5 nitrogen and oxygen atoms in total. The number of aromatic nitrogens is 1. The first-order chi connectivity index (χ1) is 12.9. The van der Waals surface area contributed by atoms with Gasteiger partial charge in [0, 0.05) is 30.1 Å². The first-order valence-corrected chi connectivity index (χ1v) is 9.80. The lowest BCUT2D eigenvalue weighted by Gasteiger charge is -2.08. The number of rotatable bonds is 5. The summed E-state index contributed by atoms with van der Waals surface area (Å²) in [6.07, 6.45) is 1.92. The van der Waals surface area contributed by atoms with Gasteiger partial charge in [0.15, 0.2) is 5.17 Å². The molecule has 2 aromatic rings. The predicted octanol–water partition coefficient (Wildman–Crippen LogP) is 4.60. The second-order valence-electron chi connectivity index (χ2n) is 6.34. The van der Waals surface area contributed by atoms with Crippen LogP contribution in [-0.4, -0.2) is 29.4 Å². The van der Waals surface area contributed by atoms with Crippen LogP contribution in [0.25, 0.3) is 6.08 Å². The predicted molar refractivity (Wildman–Crippen MR) is 113 cm³/mol. The number of aliphatic imine (C=N–C) groups is 1. The average molecular weight is 404 g/mol. The molecule has 7 heteroatoms. The lowest BCUT2D eigenvalue weighted by atomic mass is 10.2. The molecule has 1 N–H and O–H groups in total. The highest BCUT2D eigenvalue weighted by atomic mass is 35.5. The van der Waals surface area contributed by atoms with Crippen LogP contribution in [0, 0.1) is 20.8 Å². The van der Waals surface area contributed by atoms with E-state index in [2.05, 4.69) is 34.8 Å². The zero-order valence-electron chi connectivity index (χ0n) is 15.8. The fourth-order valence-electron chi connectivity index (χ4n) is 2.95. The van der Waals surface area contributed by atoms with Gasteiger partial charge in [0.05, 0.1) is 17.2 Å². The Morgan fingerprint density at radius 3 is 2.85 bits per heavy atom. The Bertz CT molecular complexity index is 947. The van der Waals surface area contributed by atoms with Crippen molar-refractivity contribution in [2.75, 3.05) is 13.7 Å². The molecule has 0 bridgehead atoms. The van der Waals surface area contributed by atoms with Crippen molar-refractivity contribution < 1.29 is 9.53 Å². The zero-order chi connectivity index (χ0) is 19.6. The molecule has 1 aliphatic rings. The normalized spacial score (nSPS) is 17.1. The van der Waals surface area contributed by atoms with Crippen LogP contribution < -0.4 is 5.32 Å². The van der Waals surface area contributed by atoms with Crippen molar-refractivity contribution in [2.24, 2.45) is 4.99 Å². The fourth-order valence-corrected chi connectivity index (χ4v) is 3.94. The first kappa shape index (κ1) is 19.7. The number of ether oxygens (including phenoxy) is 1. The summed E-state index contributed by atoms with van der Waals surface area (Å²) in [6.45, 7) is 7.46. The zero-order valence-corrected chi connectivity index (χ0v) is 17.4. The number of hydrogen-bond donors (Lipinski definition) is 1. The van der Waals surface area contributed by atoms with Gasteiger partial charge < -0.3 is 14.6 Å². The fraction of sp³-hybridized carbons (Fsp3) is 0.300. The average Bonchev–Trinajstić information content (AvgIpc) is 3.10. The van der Waals surface area contributed by atoms with Crippen molar-refractivity contribution in [1.29, 1.82) is 0 Å². The van der Waals surface area contributed by atoms with Gasteiger partial charge in [-0.1, -0.05) is 17.7 Å². The maximum atomic E-state index is 12.4. The number of carbonyl (C=O) groups is 1. The molecule has 2 heterocycles. The van der Waals surface area contributed by atoms with Gasteiger partial charge in [0.25, 0.3) is 5.91 Å². The molecule has 0 spiro atoms. The topological polar surface area (TPSA) is 55.6 Å². The third kappa shape index (κ3) is 4.29. The summed E-state index contributed by atoms with van der Waals surface area (Å²) >= 11 is 7.49. The first-order valence-electron chi connectivity index (χ1n) is 8.61. The molecule has 1 aliphatic heterocycles. The molecule has 1 saturated heterocycles. The van der Waals surface area contributed by atoms with Gasteiger partial charge in [0.1, 0.15) is 0 Å². The molecule has 1 fully saturated rings. The van der Waals surface area contributed by atoms with Gasteiger partial charge in [-0.25, -0.2) is 4.99 Å². The van der Waals surface area contributed by atoms with Gasteiger partial charge >= 0.3 is 0 Å². The number of thioether (sulfide) groups is 1. The Morgan fingerprint density at radius 1 is 1.33 bits per heavy atom. The monoisotopic (exact) mass is 403 g/mol. The Hall–Kier alpha value is -2.02. The molecule has 1 aromatic carbocycles. The molecule has 3 rings (SSSR count). The van der Waals surface area contributed by atoms with Crippen LogP contribution in [0.1, 0.15) is 22.5 Å². The maximum Gasteiger partial charge on any atom is 0.264 e.